The number of fused-ring (bicyclic) bond motifs is 1. The number of benzene rings is 2. The van der Waals surface area contributed by atoms with Crippen LogP contribution in [-0.2, 0) is 4.79 Å². The number of thioether (sulfide) groups is 1. The van der Waals surface area contributed by atoms with E-state index in [1.165, 1.54) is 4.90 Å². The van der Waals surface area contributed by atoms with Crippen LogP contribution >= 0.6 is 11.8 Å². The Morgan fingerprint density at radius 1 is 0.923 bits per heavy atom. The van der Waals surface area contributed by atoms with Crippen LogP contribution in [0.25, 0.3) is 0 Å². The van der Waals surface area contributed by atoms with Gasteiger partial charge in [0, 0.05) is 5.75 Å². The molecule has 26 heavy (non-hydrogen) atoms. The van der Waals surface area contributed by atoms with Crippen molar-refractivity contribution < 1.29 is 19.1 Å². The first-order valence-corrected chi connectivity index (χ1v) is 9.25. The second-order valence-corrected chi connectivity index (χ2v) is 7.15. The number of nitrogens with zero attached hydrogens (tertiary/aromatic N) is 2. The molecule has 0 saturated carbocycles. The fourth-order valence-electron chi connectivity index (χ4n) is 3.28. The van der Waals surface area contributed by atoms with E-state index in [0.717, 1.165) is 11.3 Å². The van der Waals surface area contributed by atoms with Crippen molar-refractivity contribution in [1.82, 2.24) is 4.90 Å². The van der Waals surface area contributed by atoms with Gasteiger partial charge in [0.1, 0.15) is 22.9 Å². The summed E-state index contributed by atoms with van der Waals surface area (Å²) in [4.78, 5) is 28.8. The van der Waals surface area contributed by atoms with Gasteiger partial charge in [-0.15, -0.1) is 11.8 Å². The number of amides is 3. The number of carbonyl (C=O) groups is 2. The second kappa shape index (κ2) is 6.57. The summed E-state index contributed by atoms with van der Waals surface area (Å²) in [6, 6.07) is 13.8. The Morgan fingerprint density at radius 2 is 1.50 bits per heavy atom. The minimum absolute atomic E-state index is 0.175. The van der Waals surface area contributed by atoms with Gasteiger partial charge in [-0.2, -0.15) is 0 Å². The number of ether oxygens (including phenoxy) is 2. The number of carbonyl (C=O) groups excluding carboxylic acids is 2. The van der Waals surface area contributed by atoms with Crippen LogP contribution in [0.2, 0.25) is 0 Å². The fraction of sp³-hybridized carbons (Fsp3) is 0.263. The molecular weight excluding hydrogens is 352 g/mol. The van der Waals surface area contributed by atoms with Crippen LogP contribution in [0.1, 0.15) is 10.9 Å². The molecule has 2 atom stereocenters. The van der Waals surface area contributed by atoms with Crippen LogP contribution in [0.5, 0.6) is 11.5 Å². The molecule has 2 heterocycles. The average Bonchev–Trinajstić information content (AvgIpc) is 3.22. The van der Waals surface area contributed by atoms with E-state index in [-0.39, 0.29) is 17.3 Å². The predicted octanol–water partition coefficient (Wildman–Crippen LogP) is 3.29. The molecule has 6 nitrogen and oxygen atoms in total. The molecule has 0 bridgehead atoms. The topological polar surface area (TPSA) is 59.1 Å². The zero-order valence-corrected chi connectivity index (χ0v) is 15.2. The highest BCUT2D eigenvalue weighted by molar-refractivity contribution is 7.99. The zero-order valence-electron chi connectivity index (χ0n) is 14.4. The lowest BCUT2D eigenvalue weighted by molar-refractivity contribution is -0.119. The van der Waals surface area contributed by atoms with Crippen molar-refractivity contribution in [2.75, 3.05) is 24.9 Å². The first-order valence-electron chi connectivity index (χ1n) is 8.20. The highest BCUT2D eigenvalue weighted by Crippen LogP contribution is 2.46. The number of rotatable bonds is 4. The number of hydrogen-bond acceptors (Lipinski definition) is 5. The molecule has 0 aromatic heterocycles. The highest BCUT2D eigenvalue weighted by Gasteiger charge is 2.53. The molecule has 0 unspecified atom stereocenters. The van der Waals surface area contributed by atoms with Crippen LogP contribution in [0.3, 0.4) is 0 Å². The van der Waals surface area contributed by atoms with E-state index in [2.05, 4.69) is 0 Å². The summed E-state index contributed by atoms with van der Waals surface area (Å²) >= 11 is 1.61. The van der Waals surface area contributed by atoms with Crippen molar-refractivity contribution in [2.45, 2.75) is 11.4 Å². The second-order valence-electron chi connectivity index (χ2n) is 6.04. The Labute approximate surface area is 155 Å². The molecule has 0 radical (unpaired) electrons. The number of imide groups is 1. The van der Waals surface area contributed by atoms with Crippen molar-refractivity contribution in [3.8, 4) is 11.5 Å². The molecule has 0 aliphatic carbocycles. The highest BCUT2D eigenvalue weighted by atomic mass is 32.2. The average molecular weight is 370 g/mol. The molecule has 2 saturated heterocycles. The van der Waals surface area contributed by atoms with Crippen LogP contribution in [-0.4, -0.2) is 42.9 Å². The van der Waals surface area contributed by atoms with Gasteiger partial charge in [-0.25, -0.2) is 9.69 Å². The van der Waals surface area contributed by atoms with Gasteiger partial charge in [0.05, 0.1) is 19.9 Å². The van der Waals surface area contributed by atoms with E-state index in [0.29, 0.717) is 17.2 Å². The molecule has 4 rings (SSSR count). The maximum atomic E-state index is 13.0. The van der Waals surface area contributed by atoms with Crippen molar-refractivity contribution in [3.63, 3.8) is 0 Å². The molecule has 2 aliphatic rings. The maximum Gasteiger partial charge on any atom is 0.333 e. The lowest BCUT2D eigenvalue weighted by atomic mass is 10.2. The summed E-state index contributed by atoms with van der Waals surface area (Å²) in [6.07, 6.45) is 0. The SMILES string of the molecule is COc1ccc([C@H]2SC[C@H]3C(=O)N(c4ccc(OC)cc4)C(=O)N23)cc1. The van der Waals surface area contributed by atoms with Gasteiger partial charge in [-0.1, -0.05) is 12.1 Å². The standard InChI is InChI=1S/C19H18N2O4S/c1-24-14-7-3-12(4-8-14)18-21-16(11-26-18)17(22)20(19(21)23)13-5-9-15(25-2)10-6-13/h3-10,16,18H,11H2,1-2H3/t16-,18+/m0/s1. The zero-order chi connectivity index (χ0) is 18.3. The van der Waals surface area contributed by atoms with Crippen molar-refractivity contribution in [1.29, 1.82) is 0 Å². The lowest BCUT2D eigenvalue weighted by Crippen LogP contribution is -2.33. The molecule has 0 spiro atoms. The van der Waals surface area contributed by atoms with Gasteiger partial charge in [0.25, 0.3) is 5.91 Å². The van der Waals surface area contributed by atoms with E-state index in [4.69, 9.17) is 9.47 Å². The number of methoxy groups -OCH3 is 2. The quantitative estimate of drug-likeness (QED) is 0.773. The Bertz CT molecular complexity index is 838. The number of urea groups is 1. The van der Waals surface area contributed by atoms with Gasteiger partial charge in [0.2, 0.25) is 0 Å². The van der Waals surface area contributed by atoms with Gasteiger partial charge in [-0.05, 0) is 42.0 Å². The van der Waals surface area contributed by atoms with Crippen molar-refractivity contribution in [3.05, 3.63) is 54.1 Å². The smallest absolute Gasteiger partial charge is 0.333 e. The molecule has 2 aromatic rings. The molecular formula is C19H18N2O4S. The third kappa shape index (κ3) is 2.59. The Balaban J connectivity index is 1.62. The van der Waals surface area contributed by atoms with E-state index in [1.54, 1.807) is 55.1 Å². The summed E-state index contributed by atoms with van der Waals surface area (Å²) in [5, 5.41) is -0.175. The van der Waals surface area contributed by atoms with Crippen LogP contribution in [0, 0.1) is 0 Å². The van der Waals surface area contributed by atoms with Gasteiger partial charge < -0.3 is 9.47 Å². The van der Waals surface area contributed by atoms with Gasteiger partial charge >= 0.3 is 6.03 Å². The third-order valence-corrected chi connectivity index (χ3v) is 5.97. The Morgan fingerprint density at radius 3 is 2.08 bits per heavy atom. The summed E-state index contributed by atoms with van der Waals surface area (Å²) in [5.74, 6) is 1.86. The molecule has 2 fully saturated rings. The van der Waals surface area contributed by atoms with Crippen LogP contribution in [0.4, 0.5) is 10.5 Å². The molecule has 3 amide bonds. The van der Waals surface area contributed by atoms with E-state index in [9.17, 15) is 9.59 Å². The molecule has 0 N–H and O–H groups in total. The first-order chi connectivity index (χ1) is 12.6. The molecule has 7 heteroatoms. The van der Waals surface area contributed by atoms with Gasteiger partial charge in [-0.3, -0.25) is 9.69 Å². The largest absolute Gasteiger partial charge is 0.497 e. The van der Waals surface area contributed by atoms with E-state index < -0.39 is 6.04 Å². The predicted molar refractivity (Wildman–Crippen MR) is 99.7 cm³/mol. The fourth-order valence-corrected chi connectivity index (χ4v) is 4.70. The monoisotopic (exact) mass is 370 g/mol. The Kier molecular flexibility index (Phi) is 4.24. The van der Waals surface area contributed by atoms with Crippen LogP contribution < -0.4 is 14.4 Å². The summed E-state index contributed by atoms with van der Waals surface area (Å²) in [5.41, 5.74) is 1.55. The lowest BCUT2D eigenvalue weighted by Gasteiger charge is -2.23. The van der Waals surface area contributed by atoms with Gasteiger partial charge in [0.15, 0.2) is 0 Å². The van der Waals surface area contributed by atoms with E-state index in [1.807, 2.05) is 24.3 Å². The third-order valence-electron chi connectivity index (χ3n) is 4.65. The van der Waals surface area contributed by atoms with Crippen molar-refractivity contribution in [2.24, 2.45) is 0 Å². The van der Waals surface area contributed by atoms with E-state index >= 15 is 0 Å². The minimum atomic E-state index is -0.429. The minimum Gasteiger partial charge on any atom is -0.497 e. The molecule has 2 aromatic carbocycles. The Hall–Kier alpha value is -2.67. The molecule has 134 valence electrons. The van der Waals surface area contributed by atoms with Crippen molar-refractivity contribution >= 4 is 29.4 Å². The number of hydrogen-bond donors (Lipinski definition) is 0. The summed E-state index contributed by atoms with van der Waals surface area (Å²) < 4.78 is 10.3. The first kappa shape index (κ1) is 16.8. The van der Waals surface area contributed by atoms with Crippen LogP contribution in [0.15, 0.2) is 48.5 Å². The molecule has 2 aliphatic heterocycles. The normalized spacial score (nSPS) is 21.9. The number of anilines is 1. The summed E-state index contributed by atoms with van der Waals surface area (Å²) in [7, 11) is 3.19. The maximum absolute atomic E-state index is 13.0. The summed E-state index contributed by atoms with van der Waals surface area (Å²) in [6.45, 7) is 0.